The average Bonchev–Trinajstić information content (AvgIpc) is 4.14. The fourth-order valence-corrected chi connectivity index (χ4v) is 8.02. The van der Waals surface area contributed by atoms with E-state index in [2.05, 4.69) is 0 Å². The minimum absolute atomic E-state index is 0.00766. The number of hydrogen-bond acceptors (Lipinski definition) is 10. The first-order valence-electron chi connectivity index (χ1n) is 19.2. The Kier molecular flexibility index (Phi) is 12.4. The second-order valence-electron chi connectivity index (χ2n) is 14.7. The van der Waals surface area contributed by atoms with Crippen LogP contribution in [0.15, 0.2) is 126 Å². The van der Waals surface area contributed by atoms with Gasteiger partial charge in [0, 0.05) is 12.0 Å². The van der Waals surface area contributed by atoms with E-state index in [0.717, 1.165) is 51.7 Å². The van der Waals surface area contributed by atoms with Crippen molar-refractivity contribution in [3.63, 3.8) is 0 Å². The van der Waals surface area contributed by atoms with Gasteiger partial charge in [-0.1, -0.05) is 109 Å². The Morgan fingerprint density at radius 1 is 0.667 bits per heavy atom. The molecule has 4 amide bonds. The lowest BCUT2D eigenvalue weighted by molar-refractivity contribution is -0.139. The number of rotatable bonds is 11. The summed E-state index contributed by atoms with van der Waals surface area (Å²) >= 11 is 0. The summed E-state index contributed by atoms with van der Waals surface area (Å²) in [4.78, 5) is 55.6. The minimum Gasteiger partial charge on any atom is -0.447 e. The predicted octanol–water partition coefficient (Wildman–Crippen LogP) is 6.05. The summed E-state index contributed by atoms with van der Waals surface area (Å²) in [6, 6.07) is 36.6. The molecule has 14 heteroatoms. The number of nitrogens with zero attached hydrogens (tertiary/aromatic N) is 3. The second kappa shape index (κ2) is 17.8. The largest absolute Gasteiger partial charge is 0.447 e. The van der Waals surface area contributed by atoms with Crippen LogP contribution < -0.4 is 0 Å². The standard InChI is InChI=1S/C15H17NO4.C15H17NO3.C13H11NO3S/c17-13(11-6-7-11)14(18)16-12(9-20-15(16)19)8-10-4-2-1-3-5-10;17-14(9-12-6-7-12)16-13(10-19-15(16)18)8-11-4-2-1-3-5-11;15-18(16,12-9-5-2-6-10-12)14-13(17-14)11-7-3-1-4-8-11/h1-5,11-13,17H,6-9H2;1-5,12-13H,6-10H2;1-10,13H/t12-,13?;13-;/m00./s1. The first-order chi connectivity index (χ1) is 27.6. The third kappa shape index (κ3) is 10.1. The number of carbonyl (C=O) groups is 4. The molecule has 4 aromatic carbocycles. The van der Waals surface area contributed by atoms with Gasteiger partial charge < -0.3 is 14.6 Å². The molecule has 3 heterocycles. The number of ether oxygens (including phenoxy) is 2. The van der Waals surface area contributed by atoms with Crippen LogP contribution in [0.2, 0.25) is 0 Å². The molecule has 5 atom stereocenters. The highest BCUT2D eigenvalue weighted by atomic mass is 32.2. The molecule has 0 radical (unpaired) electrons. The first-order valence-corrected chi connectivity index (χ1v) is 20.6. The number of benzene rings is 4. The van der Waals surface area contributed by atoms with Crippen LogP contribution in [0.1, 0.15) is 55.0 Å². The quantitative estimate of drug-likeness (QED) is 0.177. The van der Waals surface area contributed by atoms with E-state index in [1.165, 1.54) is 4.90 Å². The van der Waals surface area contributed by atoms with E-state index in [4.69, 9.17) is 14.3 Å². The lowest BCUT2D eigenvalue weighted by atomic mass is 10.1. The average molecular weight is 796 g/mol. The zero-order valence-electron chi connectivity index (χ0n) is 31.2. The van der Waals surface area contributed by atoms with Crippen molar-refractivity contribution in [2.24, 2.45) is 11.8 Å². The van der Waals surface area contributed by atoms with E-state index in [1.54, 1.807) is 30.3 Å². The summed E-state index contributed by atoms with van der Waals surface area (Å²) in [5, 5.41) is 9.92. The van der Waals surface area contributed by atoms with Gasteiger partial charge in [-0.2, -0.15) is 0 Å². The van der Waals surface area contributed by atoms with Crippen molar-refractivity contribution in [3.05, 3.63) is 138 Å². The molecule has 2 aliphatic carbocycles. The van der Waals surface area contributed by atoms with Crippen LogP contribution >= 0.6 is 0 Å². The van der Waals surface area contributed by atoms with Gasteiger partial charge in [0.15, 0.2) is 6.23 Å². The summed E-state index contributed by atoms with van der Waals surface area (Å²) in [6.07, 6.45) is 2.92. The van der Waals surface area contributed by atoms with Gasteiger partial charge in [0.2, 0.25) is 5.91 Å². The highest BCUT2D eigenvalue weighted by Crippen LogP contribution is 2.42. The van der Waals surface area contributed by atoms with Gasteiger partial charge in [0.05, 0.1) is 17.0 Å². The van der Waals surface area contributed by atoms with Gasteiger partial charge in [0.1, 0.15) is 19.3 Å². The van der Waals surface area contributed by atoms with Crippen LogP contribution in [0.4, 0.5) is 9.59 Å². The molecule has 298 valence electrons. The first kappa shape index (κ1) is 39.8. The van der Waals surface area contributed by atoms with Crippen LogP contribution in [-0.2, 0) is 46.8 Å². The van der Waals surface area contributed by atoms with E-state index in [1.807, 2.05) is 91.0 Å². The maximum absolute atomic E-state index is 12.2. The van der Waals surface area contributed by atoms with Crippen molar-refractivity contribution in [2.45, 2.75) is 74.3 Å². The van der Waals surface area contributed by atoms with Crippen LogP contribution in [-0.4, -0.2) is 83.2 Å². The molecule has 57 heavy (non-hydrogen) atoms. The summed E-state index contributed by atoms with van der Waals surface area (Å²) in [7, 11) is -3.55. The topological polar surface area (TPSA) is 163 Å². The number of hydroxylamine groups is 1. The lowest BCUT2D eigenvalue weighted by Gasteiger charge is -2.22. The van der Waals surface area contributed by atoms with Gasteiger partial charge in [-0.15, -0.1) is 0 Å². The van der Waals surface area contributed by atoms with Gasteiger partial charge >= 0.3 is 12.2 Å². The Labute approximate surface area is 331 Å². The fourth-order valence-electron chi connectivity index (χ4n) is 6.74. The molecule has 3 saturated heterocycles. The summed E-state index contributed by atoms with van der Waals surface area (Å²) < 4.78 is 35.4. The van der Waals surface area contributed by atoms with Crippen molar-refractivity contribution in [1.29, 1.82) is 0 Å². The van der Waals surface area contributed by atoms with Crippen molar-refractivity contribution in [3.8, 4) is 0 Å². The zero-order chi connectivity index (χ0) is 39.9. The molecule has 9 rings (SSSR count). The van der Waals surface area contributed by atoms with Gasteiger partial charge in [0.25, 0.3) is 15.9 Å². The molecule has 3 aliphatic heterocycles. The van der Waals surface area contributed by atoms with Gasteiger partial charge in [-0.05, 0) is 78.1 Å². The van der Waals surface area contributed by atoms with Crippen LogP contribution in [0.5, 0.6) is 0 Å². The van der Waals surface area contributed by atoms with Gasteiger partial charge in [-0.25, -0.2) is 27.8 Å². The maximum Gasteiger partial charge on any atom is 0.417 e. The highest BCUT2D eigenvalue weighted by molar-refractivity contribution is 7.89. The maximum atomic E-state index is 12.2. The number of imide groups is 2. The Morgan fingerprint density at radius 2 is 1.14 bits per heavy atom. The Balaban J connectivity index is 0.000000131. The number of cyclic esters (lactones) is 2. The van der Waals surface area contributed by atoms with E-state index < -0.39 is 40.4 Å². The summed E-state index contributed by atoms with van der Waals surface area (Å²) in [5.74, 6) is -0.103. The number of sulfonamides is 1. The molecule has 4 aromatic rings. The third-order valence-electron chi connectivity index (χ3n) is 10.3. The number of amides is 4. The number of carbonyl (C=O) groups excluding carboxylic acids is 4. The predicted molar refractivity (Wildman–Crippen MR) is 206 cm³/mol. The molecule has 2 saturated carbocycles. The second-order valence-corrected chi connectivity index (χ2v) is 16.5. The Hall–Kier alpha value is -5.41. The minimum atomic E-state index is -3.55. The third-order valence-corrected chi connectivity index (χ3v) is 11.9. The number of aliphatic hydroxyl groups is 1. The molecule has 5 fully saturated rings. The Bertz CT molecular complexity index is 2120. The van der Waals surface area contributed by atoms with Crippen LogP contribution in [0.3, 0.4) is 0 Å². The van der Waals surface area contributed by atoms with Crippen molar-refractivity contribution >= 4 is 34.0 Å². The monoisotopic (exact) mass is 795 g/mol. The molecule has 13 nitrogen and oxygen atoms in total. The van der Waals surface area contributed by atoms with Crippen molar-refractivity contribution in [2.75, 3.05) is 13.2 Å². The number of hydrogen-bond donors (Lipinski definition) is 1. The van der Waals surface area contributed by atoms with Crippen LogP contribution in [0.25, 0.3) is 0 Å². The molecule has 0 aromatic heterocycles. The summed E-state index contributed by atoms with van der Waals surface area (Å²) in [6.45, 7) is 0.501. The summed E-state index contributed by atoms with van der Waals surface area (Å²) in [5.41, 5.74) is 2.99. The van der Waals surface area contributed by atoms with E-state index in [-0.39, 0.29) is 35.4 Å². The molecular weight excluding hydrogens is 751 g/mol. The molecule has 0 bridgehead atoms. The molecule has 0 spiro atoms. The van der Waals surface area contributed by atoms with Gasteiger partial charge in [-0.3, -0.25) is 14.4 Å². The lowest BCUT2D eigenvalue weighted by Crippen LogP contribution is -2.46. The zero-order valence-corrected chi connectivity index (χ0v) is 32.1. The highest BCUT2D eigenvalue weighted by Gasteiger charge is 2.49. The smallest absolute Gasteiger partial charge is 0.417 e. The Morgan fingerprint density at radius 3 is 1.65 bits per heavy atom. The number of aliphatic hydroxyl groups excluding tert-OH is 1. The van der Waals surface area contributed by atoms with Crippen LogP contribution in [0, 0.1) is 11.8 Å². The van der Waals surface area contributed by atoms with Crippen molar-refractivity contribution in [1.82, 2.24) is 14.3 Å². The van der Waals surface area contributed by atoms with E-state index >= 15 is 0 Å². The fraction of sp³-hybridized carbons (Fsp3) is 0.349. The van der Waals surface area contributed by atoms with Crippen molar-refractivity contribution < 1.29 is 47.0 Å². The van der Waals surface area contributed by atoms with E-state index in [9.17, 15) is 32.7 Å². The molecule has 1 N–H and O–H groups in total. The SMILES string of the molecule is O=C(CC1CC1)N1C(=O)OC[C@@H]1Cc1ccccc1.O=C1OC[C@H](Cc2ccccc2)N1C(=O)C(O)C1CC1.O=S(=O)(c1ccccc1)N1OC1c1ccccc1. The van der Waals surface area contributed by atoms with E-state index in [0.29, 0.717) is 31.8 Å². The molecule has 3 unspecified atom stereocenters. The molecular formula is C43H45N3O10S. The molecule has 5 aliphatic rings. The normalized spacial score (nSPS) is 22.9.